The SMILES string of the molecule is C[SiH](OC1(F)C(F)(F)C(F)(F)C(F)(F)C(F)(F)C1(F)F)OC1(F)C(F)(F)C(F)(F)C(F)(F)C(F)(F)C1(F)F. The molecule has 2 nitrogen and oxygen atoms in total. The summed E-state index contributed by atoms with van der Waals surface area (Å²) in [5.74, 6) is -94.9. The smallest absolute Gasteiger partial charge is 0.354 e. The lowest BCUT2D eigenvalue weighted by Gasteiger charge is -2.54. The van der Waals surface area contributed by atoms with E-state index in [9.17, 15) is 96.6 Å². The van der Waals surface area contributed by atoms with Crippen molar-refractivity contribution in [2.45, 2.75) is 77.5 Å². The number of halogens is 22. The molecule has 2 aliphatic carbocycles. The zero-order valence-corrected chi connectivity index (χ0v) is 17.9. The molecule has 2 rings (SSSR count). The zero-order chi connectivity index (χ0) is 31.0. The van der Waals surface area contributed by atoms with Crippen LogP contribution in [-0.4, -0.2) is 80.2 Å². The summed E-state index contributed by atoms with van der Waals surface area (Å²) in [6.45, 7) is -0.868. The van der Waals surface area contributed by atoms with Crippen molar-refractivity contribution in [2.24, 2.45) is 0 Å². The number of hydrogen-bond donors (Lipinski definition) is 0. The first-order valence-electron chi connectivity index (χ1n) is 8.61. The Kier molecular flexibility index (Phi) is 6.44. The summed E-state index contributed by atoms with van der Waals surface area (Å²) < 4.78 is 303. The summed E-state index contributed by atoms with van der Waals surface area (Å²) in [5.41, 5.74) is 0. The van der Waals surface area contributed by atoms with E-state index in [0.29, 0.717) is 0 Å². The normalized spacial score (nSPS) is 33.5. The topological polar surface area (TPSA) is 18.5 Å². The van der Waals surface area contributed by atoms with Gasteiger partial charge in [0.15, 0.2) is 0 Å². The van der Waals surface area contributed by atoms with Gasteiger partial charge in [-0.15, -0.1) is 0 Å². The van der Waals surface area contributed by atoms with Gasteiger partial charge in [0, 0.05) is 0 Å². The standard InChI is InChI=1S/C13H4F22O2Si/c1-38(36-12(34)8(26,27)4(18,19)2(14,15)5(20,21)9(12,28)29)37-13(35)10(30,31)6(22,23)3(16,17)7(24,25)11(13,32)33/h38H,1H3. The maximum absolute atomic E-state index is 14.4. The highest BCUT2D eigenvalue weighted by Crippen LogP contribution is 2.72. The van der Waals surface area contributed by atoms with E-state index in [4.69, 9.17) is 0 Å². The molecule has 0 atom stereocenters. The molecule has 2 fully saturated rings. The van der Waals surface area contributed by atoms with Crippen molar-refractivity contribution in [1.29, 1.82) is 0 Å². The summed E-state index contributed by atoms with van der Waals surface area (Å²) in [6, 6.07) is 0. The minimum absolute atomic E-state index is 0.868. The van der Waals surface area contributed by atoms with E-state index in [1.54, 1.807) is 0 Å². The molecule has 0 aliphatic heterocycles. The van der Waals surface area contributed by atoms with Gasteiger partial charge in [-0.1, -0.05) is 0 Å². The van der Waals surface area contributed by atoms with Crippen molar-refractivity contribution < 1.29 is 105 Å². The molecule has 0 saturated heterocycles. The first kappa shape index (κ1) is 32.8. The summed E-state index contributed by atoms with van der Waals surface area (Å²) in [6.07, 6.45) is 0. The van der Waals surface area contributed by atoms with E-state index in [2.05, 4.69) is 8.85 Å². The van der Waals surface area contributed by atoms with E-state index in [1.165, 1.54) is 0 Å². The van der Waals surface area contributed by atoms with Crippen LogP contribution < -0.4 is 0 Å². The Morgan fingerprint density at radius 3 is 0.579 bits per heavy atom. The van der Waals surface area contributed by atoms with Crippen molar-refractivity contribution in [1.82, 2.24) is 0 Å². The van der Waals surface area contributed by atoms with Gasteiger partial charge in [-0.2, -0.15) is 96.6 Å². The summed E-state index contributed by atoms with van der Waals surface area (Å²) in [4.78, 5) is 0. The lowest BCUT2D eigenvalue weighted by atomic mass is 9.79. The Balaban J connectivity index is 2.71. The Morgan fingerprint density at radius 1 is 0.289 bits per heavy atom. The van der Waals surface area contributed by atoms with Crippen LogP contribution in [0.1, 0.15) is 0 Å². The van der Waals surface area contributed by atoms with Gasteiger partial charge in [-0.25, -0.2) is 0 Å². The Hall–Kier alpha value is -1.40. The fourth-order valence-corrected chi connectivity index (χ4v) is 4.72. The van der Waals surface area contributed by atoms with Crippen molar-refractivity contribution in [3.63, 3.8) is 0 Å². The molecule has 226 valence electrons. The average molecular weight is 638 g/mol. The molecule has 0 aromatic heterocycles. The third kappa shape index (κ3) is 2.87. The van der Waals surface area contributed by atoms with Gasteiger partial charge in [-0.05, 0) is 6.55 Å². The van der Waals surface area contributed by atoms with Gasteiger partial charge in [0.2, 0.25) is 0 Å². The molecule has 0 unspecified atom stereocenters. The van der Waals surface area contributed by atoms with Crippen LogP contribution in [0, 0.1) is 0 Å². The summed E-state index contributed by atoms with van der Waals surface area (Å²) in [7, 11) is -6.62. The largest absolute Gasteiger partial charge is 0.384 e. The van der Waals surface area contributed by atoms with Gasteiger partial charge in [-0.3, -0.25) is 0 Å². The second-order valence-corrected chi connectivity index (χ2v) is 9.34. The first-order chi connectivity index (χ1) is 16.1. The van der Waals surface area contributed by atoms with Crippen LogP contribution in [0.5, 0.6) is 0 Å². The van der Waals surface area contributed by atoms with Gasteiger partial charge in [0.25, 0.3) is 0 Å². The number of alkyl halides is 22. The van der Waals surface area contributed by atoms with Crippen molar-refractivity contribution >= 4 is 9.28 Å². The van der Waals surface area contributed by atoms with Crippen LogP contribution in [-0.2, 0) is 8.85 Å². The molecule has 0 amide bonds. The maximum atomic E-state index is 14.4. The van der Waals surface area contributed by atoms with Crippen molar-refractivity contribution in [3.8, 4) is 0 Å². The van der Waals surface area contributed by atoms with Crippen LogP contribution in [0.4, 0.5) is 96.6 Å². The third-order valence-corrected chi connectivity index (χ3v) is 6.74. The lowest BCUT2D eigenvalue weighted by molar-refractivity contribution is -0.523. The third-order valence-electron chi connectivity index (χ3n) is 5.43. The number of rotatable bonds is 4. The highest BCUT2D eigenvalue weighted by atomic mass is 28.3. The molecule has 0 aromatic carbocycles. The van der Waals surface area contributed by atoms with E-state index < -0.39 is 86.8 Å². The predicted octanol–water partition coefficient (Wildman–Crippen LogP) is 6.58. The van der Waals surface area contributed by atoms with Crippen LogP contribution >= 0.6 is 0 Å². The fraction of sp³-hybridized carbons (Fsp3) is 1.00. The quantitative estimate of drug-likeness (QED) is 0.256. The minimum Gasteiger partial charge on any atom is -0.354 e. The second kappa shape index (κ2) is 7.46. The molecule has 0 N–H and O–H groups in total. The van der Waals surface area contributed by atoms with E-state index in [-0.39, 0.29) is 0 Å². The Bertz CT molecular complexity index is 836. The average Bonchev–Trinajstić information content (AvgIpc) is 2.70. The van der Waals surface area contributed by atoms with Crippen molar-refractivity contribution in [3.05, 3.63) is 0 Å². The second-order valence-electron chi connectivity index (χ2n) is 7.74. The summed E-state index contributed by atoms with van der Waals surface area (Å²) in [5, 5.41) is 0. The molecule has 2 saturated carbocycles. The first-order valence-corrected chi connectivity index (χ1v) is 10.7. The number of hydrogen-bond acceptors (Lipinski definition) is 2. The van der Waals surface area contributed by atoms with Gasteiger partial charge >= 0.3 is 80.2 Å². The van der Waals surface area contributed by atoms with E-state index in [0.717, 1.165) is 0 Å². The van der Waals surface area contributed by atoms with Crippen LogP contribution in [0.15, 0.2) is 0 Å². The van der Waals surface area contributed by atoms with E-state index >= 15 is 0 Å². The van der Waals surface area contributed by atoms with Gasteiger partial charge in [0.1, 0.15) is 0 Å². The Morgan fingerprint density at radius 2 is 0.421 bits per heavy atom. The molecular weight excluding hydrogens is 634 g/mol. The molecule has 0 radical (unpaired) electrons. The molecule has 0 bridgehead atoms. The van der Waals surface area contributed by atoms with Gasteiger partial charge in [0.05, 0.1) is 0 Å². The monoisotopic (exact) mass is 638 g/mol. The van der Waals surface area contributed by atoms with Crippen LogP contribution in [0.2, 0.25) is 6.55 Å². The molecule has 38 heavy (non-hydrogen) atoms. The van der Waals surface area contributed by atoms with Crippen LogP contribution in [0.3, 0.4) is 0 Å². The van der Waals surface area contributed by atoms with Crippen molar-refractivity contribution in [2.75, 3.05) is 0 Å². The summed E-state index contributed by atoms with van der Waals surface area (Å²) >= 11 is 0. The van der Waals surface area contributed by atoms with Crippen LogP contribution in [0.25, 0.3) is 0 Å². The molecule has 0 heterocycles. The predicted molar refractivity (Wildman–Crippen MR) is 72.3 cm³/mol. The molecule has 0 aromatic rings. The van der Waals surface area contributed by atoms with E-state index in [1.807, 2.05) is 0 Å². The highest BCUT2D eigenvalue weighted by Gasteiger charge is 3.04. The highest BCUT2D eigenvalue weighted by molar-refractivity contribution is 6.42. The fourth-order valence-electron chi connectivity index (χ4n) is 3.16. The minimum atomic E-state index is -7.97. The molecular formula is C13H4F22O2Si. The maximum Gasteiger partial charge on any atom is 0.384 e. The molecule has 2 aliphatic rings. The molecule has 25 heteroatoms. The molecule has 0 spiro atoms. The zero-order valence-electron chi connectivity index (χ0n) is 16.7. The Labute approximate surface area is 193 Å². The lowest BCUT2D eigenvalue weighted by Crippen LogP contribution is -2.86. The van der Waals surface area contributed by atoms with Gasteiger partial charge < -0.3 is 8.85 Å².